The Morgan fingerprint density at radius 3 is 2.71 bits per heavy atom. The SMILES string of the molecule is CC1CC(OC(=O)CCc2nc3cc(S(=O)(=O)N(C)C)ccc3n2C)C(=O)O1. The highest BCUT2D eigenvalue weighted by atomic mass is 32.2. The van der Waals surface area contributed by atoms with Crippen molar-refractivity contribution >= 4 is 33.0 Å². The van der Waals surface area contributed by atoms with Crippen molar-refractivity contribution in [3.63, 3.8) is 0 Å². The number of sulfonamides is 1. The molecule has 0 aliphatic carbocycles. The number of aromatic nitrogens is 2. The zero-order valence-corrected chi connectivity index (χ0v) is 17.0. The molecular weight excluding hydrogens is 386 g/mol. The van der Waals surface area contributed by atoms with Gasteiger partial charge in [-0.15, -0.1) is 0 Å². The van der Waals surface area contributed by atoms with E-state index >= 15 is 0 Å². The van der Waals surface area contributed by atoms with Gasteiger partial charge >= 0.3 is 11.9 Å². The summed E-state index contributed by atoms with van der Waals surface area (Å²) in [5, 5.41) is 0. The van der Waals surface area contributed by atoms with E-state index in [4.69, 9.17) is 9.47 Å². The number of hydrogen-bond acceptors (Lipinski definition) is 7. The molecule has 0 spiro atoms. The molecule has 10 heteroatoms. The monoisotopic (exact) mass is 409 g/mol. The highest BCUT2D eigenvalue weighted by Gasteiger charge is 2.34. The summed E-state index contributed by atoms with van der Waals surface area (Å²) in [6, 6.07) is 4.74. The molecule has 2 aromatic rings. The molecule has 1 aromatic heterocycles. The molecule has 152 valence electrons. The molecule has 1 fully saturated rings. The first kappa shape index (κ1) is 20.3. The molecule has 1 aromatic carbocycles. The van der Waals surface area contributed by atoms with E-state index in [9.17, 15) is 18.0 Å². The van der Waals surface area contributed by atoms with Gasteiger partial charge in [-0.05, 0) is 25.1 Å². The van der Waals surface area contributed by atoms with Gasteiger partial charge in [0.1, 0.15) is 11.9 Å². The number of fused-ring (bicyclic) bond motifs is 1. The molecule has 0 saturated carbocycles. The van der Waals surface area contributed by atoms with Crippen LogP contribution in [0.4, 0.5) is 0 Å². The normalized spacial score (nSPS) is 20.0. The van der Waals surface area contributed by atoms with Crippen molar-refractivity contribution in [2.45, 2.75) is 43.3 Å². The zero-order valence-electron chi connectivity index (χ0n) is 16.2. The van der Waals surface area contributed by atoms with Gasteiger partial charge in [-0.3, -0.25) is 4.79 Å². The molecule has 0 bridgehead atoms. The average Bonchev–Trinajstić information content (AvgIpc) is 3.11. The van der Waals surface area contributed by atoms with Gasteiger partial charge in [-0.1, -0.05) is 0 Å². The third kappa shape index (κ3) is 3.88. The van der Waals surface area contributed by atoms with Gasteiger partial charge in [-0.2, -0.15) is 0 Å². The fourth-order valence-corrected chi connectivity index (χ4v) is 3.99. The van der Waals surface area contributed by atoms with E-state index in [1.807, 2.05) is 0 Å². The Morgan fingerprint density at radius 2 is 2.11 bits per heavy atom. The fourth-order valence-electron chi connectivity index (χ4n) is 3.07. The lowest BCUT2D eigenvalue weighted by Crippen LogP contribution is -2.23. The largest absolute Gasteiger partial charge is 0.460 e. The second-order valence-corrected chi connectivity index (χ2v) is 9.14. The Hall–Kier alpha value is -2.46. The molecule has 1 aliphatic heterocycles. The summed E-state index contributed by atoms with van der Waals surface area (Å²) in [6.45, 7) is 1.75. The fraction of sp³-hybridized carbons (Fsp3) is 0.500. The number of nitrogens with zero attached hydrogens (tertiary/aromatic N) is 3. The Bertz CT molecular complexity index is 1030. The molecule has 0 amide bonds. The average molecular weight is 409 g/mol. The molecule has 28 heavy (non-hydrogen) atoms. The highest BCUT2D eigenvalue weighted by molar-refractivity contribution is 7.89. The highest BCUT2D eigenvalue weighted by Crippen LogP contribution is 2.22. The molecule has 2 atom stereocenters. The Labute approximate surface area is 163 Å². The number of aryl methyl sites for hydroxylation is 2. The molecule has 0 N–H and O–H groups in total. The number of carbonyl (C=O) groups is 2. The molecule has 0 radical (unpaired) electrons. The van der Waals surface area contributed by atoms with Crippen LogP contribution < -0.4 is 0 Å². The van der Waals surface area contributed by atoms with E-state index in [0.717, 1.165) is 9.82 Å². The lowest BCUT2D eigenvalue weighted by atomic mass is 10.2. The predicted octanol–water partition coefficient (Wildman–Crippen LogP) is 1.00. The van der Waals surface area contributed by atoms with Gasteiger partial charge in [0.15, 0.2) is 0 Å². The first-order chi connectivity index (χ1) is 13.1. The topological polar surface area (TPSA) is 108 Å². The van der Waals surface area contributed by atoms with Crippen LogP contribution in [0.15, 0.2) is 23.1 Å². The Balaban J connectivity index is 1.72. The lowest BCUT2D eigenvalue weighted by molar-refractivity contribution is -0.160. The first-order valence-electron chi connectivity index (χ1n) is 8.87. The number of esters is 2. The van der Waals surface area contributed by atoms with Crippen molar-refractivity contribution in [3.8, 4) is 0 Å². The van der Waals surface area contributed by atoms with Gasteiger partial charge < -0.3 is 14.0 Å². The second-order valence-electron chi connectivity index (χ2n) is 6.99. The molecule has 2 unspecified atom stereocenters. The smallest absolute Gasteiger partial charge is 0.347 e. The van der Waals surface area contributed by atoms with Crippen LogP contribution in [-0.2, 0) is 42.6 Å². The van der Waals surface area contributed by atoms with Crippen LogP contribution in [0.3, 0.4) is 0 Å². The summed E-state index contributed by atoms with van der Waals surface area (Å²) < 4.78 is 37.7. The third-order valence-corrected chi connectivity index (χ3v) is 6.49. The predicted molar refractivity (Wildman–Crippen MR) is 100.0 cm³/mol. The number of benzene rings is 1. The standard InChI is InChI=1S/C18H23N3O6S/c1-11-9-15(18(23)26-11)27-17(22)8-7-16-19-13-10-12(28(24,25)20(2)3)5-6-14(13)21(16)4/h5-6,10-11,15H,7-9H2,1-4H3. The van der Waals surface area contributed by atoms with Crippen molar-refractivity contribution in [2.24, 2.45) is 7.05 Å². The number of rotatable bonds is 6. The van der Waals surface area contributed by atoms with Crippen molar-refractivity contribution < 1.29 is 27.5 Å². The Kier molecular flexibility index (Phi) is 5.44. The molecule has 3 rings (SSSR count). The van der Waals surface area contributed by atoms with Crippen molar-refractivity contribution in [3.05, 3.63) is 24.0 Å². The molecule has 1 saturated heterocycles. The van der Waals surface area contributed by atoms with Gasteiger partial charge in [-0.25, -0.2) is 22.5 Å². The van der Waals surface area contributed by atoms with Crippen LogP contribution in [0, 0.1) is 0 Å². The summed E-state index contributed by atoms with van der Waals surface area (Å²) in [6.07, 6.45) is -0.380. The summed E-state index contributed by atoms with van der Waals surface area (Å²) in [5.74, 6) is -0.397. The summed E-state index contributed by atoms with van der Waals surface area (Å²) in [7, 11) is 1.18. The van der Waals surface area contributed by atoms with Gasteiger partial charge in [0.05, 0.1) is 22.3 Å². The first-order valence-corrected chi connectivity index (χ1v) is 10.3. The minimum absolute atomic E-state index is 0.0537. The number of ether oxygens (including phenoxy) is 2. The van der Waals surface area contributed by atoms with Gasteiger partial charge in [0, 0.05) is 34.0 Å². The van der Waals surface area contributed by atoms with Gasteiger partial charge in [0.2, 0.25) is 16.1 Å². The van der Waals surface area contributed by atoms with E-state index in [1.165, 1.54) is 26.2 Å². The molecule has 9 nitrogen and oxygen atoms in total. The maximum Gasteiger partial charge on any atom is 0.347 e. The van der Waals surface area contributed by atoms with Crippen molar-refractivity contribution in [1.82, 2.24) is 13.9 Å². The molecule has 1 aliphatic rings. The number of carbonyl (C=O) groups excluding carboxylic acids is 2. The molecular formula is C18H23N3O6S. The van der Waals surface area contributed by atoms with E-state index < -0.39 is 28.1 Å². The number of imidazole rings is 1. The number of cyclic esters (lactones) is 1. The van der Waals surface area contributed by atoms with Crippen LogP contribution >= 0.6 is 0 Å². The van der Waals surface area contributed by atoms with Crippen LogP contribution in [0.2, 0.25) is 0 Å². The number of hydrogen-bond donors (Lipinski definition) is 0. The van der Waals surface area contributed by atoms with Crippen LogP contribution in [-0.4, -0.2) is 60.5 Å². The summed E-state index contributed by atoms with van der Waals surface area (Å²) >= 11 is 0. The van der Waals surface area contributed by atoms with E-state index in [-0.39, 0.29) is 17.4 Å². The maximum atomic E-state index is 12.3. The minimum atomic E-state index is -3.55. The second kappa shape index (κ2) is 7.51. The van der Waals surface area contributed by atoms with E-state index in [2.05, 4.69) is 4.98 Å². The Morgan fingerprint density at radius 1 is 1.39 bits per heavy atom. The van der Waals surface area contributed by atoms with Crippen LogP contribution in [0.25, 0.3) is 11.0 Å². The zero-order chi connectivity index (χ0) is 20.6. The lowest BCUT2D eigenvalue weighted by Gasteiger charge is -2.10. The molecule has 2 heterocycles. The van der Waals surface area contributed by atoms with Gasteiger partial charge in [0.25, 0.3) is 0 Å². The quantitative estimate of drug-likeness (QED) is 0.655. The van der Waals surface area contributed by atoms with Crippen LogP contribution in [0.5, 0.6) is 0 Å². The van der Waals surface area contributed by atoms with Crippen molar-refractivity contribution in [1.29, 1.82) is 0 Å². The van der Waals surface area contributed by atoms with E-state index in [0.29, 0.717) is 24.2 Å². The third-order valence-electron chi connectivity index (χ3n) is 4.68. The van der Waals surface area contributed by atoms with Crippen LogP contribution in [0.1, 0.15) is 25.6 Å². The minimum Gasteiger partial charge on any atom is -0.460 e. The van der Waals surface area contributed by atoms with E-state index in [1.54, 1.807) is 24.6 Å². The summed E-state index contributed by atoms with van der Waals surface area (Å²) in [4.78, 5) is 28.2. The van der Waals surface area contributed by atoms with Crippen molar-refractivity contribution in [2.75, 3.05) is 14.1 Å². The maximum absolute atomic E-state index is 12.3. The summed E-state index contributed by atoms with van der Waals surface area (Å²) in [5.41, 5.74) is 1.29.